The Bertz CT molecular complexity index is 493. The molecule has 0 atom stereocenters. The first-order chi connectivity index (χ1) is 9.55. The number of hydrogen-bond donors (Lipinski definition) is 3. The number of aliphatic carboxylic acids is 1. The minimum absolute atomic E-state index is 0.0502. The molecule has 8 nitrogen and oxygen atoms in total. The number of carbonyl (C=O) groups excluding carboxylic acids is 1. The van der Waals surface area contributed by atoms with E-state index in [-0.39, 0.29) is 24.3 Å². The van der Waals surface area contributed by atoms with Gasteiger partial charge >= 0.3 is 12.0 Å². The van der Waals surface area contributed by atoms with E-state index in [1.165, 1.54) is 7.11 Å². The molecule has 1 fully saturated rings. The molecule has 1 aromatic heterocycles. The Morgan fingerprint density at radius 2 is 2.10 bits per heavy atom. The van der Waals surface area contributed by atoms with Crippen molar-refractivity contribution in [3.63, 3.8) is 0 Å². The van der Waals surface area contributed by atoms with E-state index in [1.807, 2.05) is 0 Å². The number of anilines is 1. The van der Waals surface area contributed by atoms with Gasteiger partial charge in [0.2, 0.25) is 11.9 Å². The first kappa shape index (κ1) is 14.3. The molecule has 1 aliphatic carbocycles. The van der Waals surface area contributed by atoms with Crippen molar-refractivity contribution >= 4 is 17.8 Å². The molecule has 0 unspecified atom stereocenters. The van der Waals surface area contributed by atoms with Crippen LogP contribution in [0, 0.1) is 5.41 Å². The van der Waals surface area contributed by atoms with Crippen molar-refractivity contribution in [2.75, 3.05) is 12.4 Å². The number of aromatic amines is 1. The molecule has 8 heteroatoms. The van der Waals surface area contributed by atoms with Crippen LogP contribution >= 0.6 is 0 Å². The number of ether oxygens (including phenoxy) is 1. The van der Waals surface area contributed by atoms with Crippen LogP contribution in [0.5, 0.6) is 6.01 Å². The molecule has 1 heterocycles. The molecule has 0 saturated heterocycles. The summed E-state index contributed by atoms with van der Waals surface area (Å²) in [5.41, 5.74) is -0.952. The number of H-pyrrole nitrogens is 1. The predicted octanol–water partition coefficient (Wildman–Crippen LogP) is 1.18. The third-order valence-corrected chi connectivity index (χ3v) is 3.67. The van der Waals surface area contributed by atoms with Crippen LogP contribution in [-0.2, 0) is 9.59 Å². The summed E-state index contributed by atoms with van der Waals surface area (Å²) in [5.74, 6) is -1.13. The van der Waals surface area contributed by atoms with Crippen molar-refractivity contribution in [2.24, 2.45) is 5.41 Å². The SMILES string of the molecule is COc1n[nH]c(NC(=O)CC2(C(=O)O)CCCCC2)n1. The Kier molecular flexibility index (Phi) is 4.21. The van der Waals surface area contributed by atoms with Gasteiger partial charge < -0.3 is 9.84 Å². The average molecular weight is 282 g/mol. The van der Waals surface area contributed by atoms with Crippen LogP contribution in [0.15, 0.2) is 0 Å². The number of carboxylic acids is 1. The molecule has 1 amide bonds. The highest BCUT2D eigenvalue weighted by Gasteiger charge is 2.41. The van der Waals surface area contributed by atoms with Crippen molar-refractivity contribution in [3.05, 3.63) is 0 Å². The molecule has 3 N–H and O–H groups in total. The molecule has 110 valence electrons. The lowest BCUT2D eigenvalue weighted by Gasteiger charge is -2.32. The topological polar surface area (TPSA) is 117 Å². The predicted molar refractivity (Wildman–Crippen MR) is 69.3 cm³/mol. The monoisotopic (exact) mass is 282 g/mol. The van der Waals surface area contributed by atoms with E-state index in [1.54, 1.807) is 0 Å². The van der Waals surface area contributed by atoms with Crippen molar-refractivity contribution in [2.45, 2.75) is 38.5 Å². The average Bonchev–Trinajstić information content (AvgIpc) is 2.87. The number of carboxylic acid groups (broad SMARTS) is 1. The van der Waals surface area contributed by atoms with E-state index >= 15 is 0 Å². The zero-order valence-corrected chi connectivity index (χ0v) is 11.3. The van der Waals surface area contributed by atoms with Crippen molar-refractivity contribution in [1.82, 2.24) is 15.2 Å². The quantitative estimate of drug-likeness (QED) is 0.746. The Balaban J connectivity index is 1.99. The summed E-state index contributed by atoms with van der Waals surface area (Å²) >= 11 is 0. The van der Waals surface area contributed by atoms with Crippen LogP contribution in [0.25, 0.3) is 0 Å². The second kappa shape index (κ2) is 5.89. The fourth-order valence-electron chi connectivity index (χ4n) is 2.57. The first-order valence-electron chi connectivity index (χ1n) is 6.55. The molecule has 20 heavy (non-hydrogen) atoms. The molecule has 1 aromatic rings. The van der Waals surface area contributed by atoms with Gasteiger partial charge in [-0.1, -0.05) is 19.3 Å². The second-order valence-electron chi connectivity index (χ2n) is 5.04. The van der Waals surface area contributed by atoms with Gasteiger partial charge in [0.25, 0.3) is 0 Å². The summed E-state index contributed by atoms with van der Waals surface area (Å²) in [6.07, 6.45) is 3.73. The van der Waals surface area contributed by atoms with Crippen LogP contribution in [-0.4, -0.2) is 39.3 Å². The fraction of sp³-hybridized carbons (Fsp3) is 0.667. The van der Waals surface area contributed by atoms with E-state index in [2.05, 4.69) is 20.5 Å². The minimum atomic E-state index is -0.952. The smallest absolute Gasteiger partial charge is 0.336 e. The summed E-state index contributed by atoms with van der Waals surface area (Å²) in [6, 6.07) is 0.117. The van der Waals surface area contributed by atoms with Gasteiger partial charge in [-0.25, -0.2) is 5.10 Å². The fourth-order valence-corrected chi connectivity index (χ4v) is 2.57. The summed E-state index contributed by atoms with van der Waals surface area (Å²) in [7, 11) is 1.41. The normalized spacial score (nSPS) is 17.4. The minimum Gasteiger partial charge on any atom is -0.481 e. The molecule has 0 bridgehead atoms. The molecule has 1 saturated carbocycles. The van der Waals surface area contributed by atoms with Crippen molar-refractivity contribution in [3.8, 4) is 6.01 Å². The number of methoxy groups -OCH3 is 1. The molecular formula is C12H18N4O4. The van der Waals surface area contributed by atoms with Gasteiger partial charge in [-0.15, -0.1) is 5.10 Å². The third kappa shape index (κ3) is 3.06. The summed E-state index contributed by atoms with van der Waals surface area (Å²) in [6.45, 7) is 0. The highest BCUT2D eigenvalue weighted by atomic mass is 16.5. The van der Waals surface area contributed by atoms with E-state index in [9.17, 15) is 14.7 Å². The largest absolute Gasteiger partial charge is 0.481 e. The number of hydrogen-bond acceptors (Lipinski definition) is 5. The molecule has 1 aliphatic rings. The second-order valence-corrected chi connectivity index (χ2v) is 5.04. The van der Waals surface area contributed by atoms with Crippen LogP contribution in [0.4, 0.5) is 5.95 Å². The molecular weight excluding hydrogens is 264 g/mol. The zero-order valence-electron chi connectivity index (χ0n) is 11.3. The number of amides is 1. The van der Waals surface area contributed by atoms with Gasteiger partial charge in [0.1, 0.15) is 0 Å². The Morgan fingerprint density at radius 3 is 2.65 bits per heavy atom. The van der Waals surface area contributed by atoms with Crippen LogP contribution in [0.3, 0.4) is 0 Å². The van der Waals surface area contributed by atoms with Gasteiger partial charge in [-0.3, -0.25) is 14.9 Å². The molecule has 2 rings (SSSR count). The standard InChI is InChI=1S/C12H18N4O4/c1-20-11-14-10(15-16-11)13-8(17)7-12(9(18)19)5-3-2-4-6-12/h2-7H2,1H3,(H,18,19)(H2,13,14,15,16,17). The van der Waals surface area contributed by atoms with E-state index in [0.717, 1.165) is 19.3 Å². The number of aromatic nitrogens is 3. The number of nitrogens with zero attached hydrogens (tertiary/aromatic N) is 2. The molecule has 0 spiro atoms. The lowest BCUT2D eigenvalue weighted by atomic mass is 9.71. The van der Waals surface area contributed by atoms with Crippen LogP contribution in [0.1, 0.15) is 38.5 Å². The van der Waals surface area contributed by atoms with Gasteiger partial charge in [0, 0.05) is 6.42 Å². The first-order valence-corrected chi connectivity index (χ1v) is 6.55. The lowest BCUT2D eigenvalue weighted by molar-refractivity contribution is -0.153. The van der Waals surface area contributed by atoms with Crippen LogP contribution in [0.2, 0.25) is 0 Å². The zero-order chi connectivity index (χ0) is 14.6. The number of nitrogens with one attached hydrogen (secondary N) is 2. The van der Waals surface area contributed by atoms with Crippen molar-refractivity contribution in [1.29, 1.82) is 0 Å². The van der Waals surface area contributed by atoms with E-state index in [0.29, 0.717) is 12.8 Å². The maximum Gasteiger partial charge on any atom is 0.336 e. The number of carbonyl (C=O) groups is 2. The molecule has 0 aliphatic heterocycles. The van der Waals surface area contributed by atoms with Gasteiger partial charge in [-0.05, 0) is 12.8 Å². The summed E-state index contributed by atoms with van der Waals surface area (Å²) in [5, 5.41) is 18.1. The lowest BCUT2D eigenvalue weighted by Crippen LogP contribution is -2.37. The van der Waals surface area contributed by atoms with Gasteiger partial charge in [-0.2, -0.15) is 4.98 Å². The maximum absolute atomic E-state index is 12.0. The highest BCUT2D eigenvalue weighted by molar-refractivity contribution is 5.93. The van der Waals surface area contributed by atoms with E-state index < -0.39 is 11.4 Å². The Morgan fingerprint density at radius 1 is 1.40 bits per heavy atom. The Labute approximate surface area is 115 Å². The molecule has 0 radical (unpaired) electrons. The molecule has 0 aromatic carbocycles. The third-order valence-electron chi connectivity index (χ3n) is 3.67. The highest BCUT2D eigenvalue weighted by Crippen LogP contribution is 2.39. The summed E-state index contributed by atoms with van der Waals surface area (Å²) in [4.78, 5) is 27.3. The maximum atomic E-state index is 12.0. The van der Waals surface area contributed by atoms with Gasteiger partial charge in [0.05, 0.1) is 12.5 Å². The summed E-state index contributed by atoms with van der Waals surface area (Å²) < 4.78 is 4.79. The van der Waals surface area contributed by atoms with Gasteiger partial charge in [0.15, 0.2) is 0 Å². The van der Waals surface area contributed by atoms with Crippen molar-refractivity contribution < 1.29 is 19.4 Å². The van der Waals surface area contributed by atoms with E-state index in [4.69, 9.17) is 4.74 Å². The van der Waals surface area contributed by atoms with Crippen LogP contribution < -0.4 is 10.1 Å². The Hall–Kier alpha value is -2.12. The number of rotatable bonds is 5.